The minimum Gasteiger partial charge on any atom is -0.454 e. The standard InChI is InChI=1S/C17H15F2NO4S/c18-13-2-1-3-14(19)17(13)25(21,22)20-7-6-12(9-20)11-4-5-15-16(8-11)24-10-23-15/h1-5,8,12H,6-7,9-10H2. The number of nitrogens with zero attached hydrogens (tertiary/aromatic N) is 1. The van der Waals surface area contributed by atoms with E-state index in [0.29, 0.717) is 17.9 Å². The molecule has 1 atom stereocenters. The fourth-order valence-corrected chi connectivity index (χ4v) is 4.85. The van der Waals surface area contributed by atoms with Crippen molar-refractivity contribution >= 4 is 10.0 Å². The summed E-state index contributed by atoms with van der Waals surface area (Å²) in [5.41, 5.74) is 0.913. The number of hydrogen-bond acceptors (Lipinski definition) is 4. The highest BCUT2D eigenvalue weighted by Gasteiger charge is 2.36. The fourth-order valence-electron chi connectivity index (χ4n) is 3.24. The highest BCUT2D eigenvalue weighted by atomic mass is 32.2. The smallest absolute Gasteiger partial charge is 0.248 e. The van der Waals surface area contributed by atoms with Gasteiger partial charge in [0.15, 0.2) is 16.4 Å². The maximum atomic E-state index is 13.9. The van der Waals surface area contributed by atoms with E-state index in [1.54, 1.807) is 6.07 Å². The molecule has 2 aliphatic heterocycles. The first-order valence-electron chi connectivity index (χ1n) is 7.80. The van der Waals surface area contributed by atoms with Crippen LogP contribution in [0.15, 0.2) is 41.3 Å². The molecule has 0 bridgehead atoms. The average Bonchev–Trinajstić information content (AvgIpc) is 3.23. The van der Waals surface area contributed by atoms with Crippen LogP contribution in [0.2, 0.25) is 0 Å². The summed E-state index contributed by atoms with van der Waals surface area (Å²) in [7, 11) is -4.23. The van der Waals surface area contributed by atoms with Crippen molar-refractivity contribution in [1.29, 1.82) is 0 Å². The molecule has 2 aromatic rings. The molecule has 132 valence electrons. The summed E-state index contributed by atoms with van der Waals surface area (Å²) < 4.78 is 64.8. The molecule has 0 aromatic heterocycles. The van der Waals surface area contributed by atoms with Gasteiger partial charge in [-0.3, -0.25) is 0 Å². The van der Waals surface area contributed by atoms with Crippen LogP contribution in [0, 0.1) is 11.6 Å². The van der Waals surface area contributed by atoms with Crippen LogP contribution in [0.25, 0.3) is 0 Å². The number of hydrogen-bond donors (Lipinski definition) is 0. The van der Waals surface area contributed by atoms with Crippen LogP contribution >= 0.6 is 0 Å². The fraction of sp³-hybridized carbons (Fsp3) is 0.294. The van der Waals surface area contributed by atoms with Crippen LogP contribution < -0.4 is 9.47 Å². The molecule has 5 nitrogen and oxygen atoms in total. The van der Waals surface area contributed by atoms with Gasteiger partial charge in [-0.1, -0.05) is 12.1 Å². The monoisotopic (exact) mass is 367 g/mol. The van der Waals surface area contributed by atoms with E-state index in [-0.39, 0.29) is 25.8 Å². The molecule has 1 unspecified atom stereocenters. The molecule has 0 radical (unpaired) electrons. The molecule has 0 saturated carbocycles. The van der Waals surface area contributed by atoms with Crippen LogP contribution in [-0.4, -0.2) is 32.6 Å². The second kappa shape index (κ2) is 5.96. The lowest BCUT2D eigenvalue weighted by molar-refractivity contribution is 0.174. The van der Waals surface area contributed by atoms with E-state index in [1.165, 1.54) is 0 Å². The van der Waals surface area contributed by atoms with Gasteiger partial charge in [0.25, 0.3) is 0 Å². The van der Waals surface area contributed by atoms with Crippen molar-refractivity contribution in [2.75, 3.05) is 19.9 Å². The van der Waals surface area contributed by atoms with Gasteiger partial charge < -0.3 is 9.47 Å². The minimum atomic E-state index is -4.23. The molecule has 2 aliphatic rings. The van der Waals surface area contributed by atoms with Crippen molar-refractivity contribution in [1.82, 2.24) is 4.31 Å². The zero-order valence-electron chi connectivity index (χ0n) is 13.1. The summed E-state index contributed by atoms with van der Waals surface area (Å²) >= 11 is 0. The van der Waals surface area contributed by atoms with E-state index in [9.17, 15) is 17.2 Å². The average molecular weight is 367 g/mol. The summed E-state index contributed by atoms with van der Waals surface area (Å²) in [6.45, 7) is 0.529. The van der Waals surface area contributed by atoms with Gasteiger partial charge >= 0.3 is 0 Å². The normalized spacial score (nSPS) is 20.2. The lowest BCUT2D eigenvalue weighted by Gasteiger charge is -2.17. The maximum Gasteiger partial charge on any atom is 0.248 e. The van der Waals surface area contributed by atoms with Gasteiger partial charge in [-0.05, 0) is 42.2 Å². The summed E-state index contributed by atoms with van der Waals surface area (Å²) in [5, 5.41) is 0. The Balaban J connectivity index is 1.60. The number of benzene rings is 2. The summed E-state index contributed by atoms with van der Waals surface area (Å²) in [6, 6.07) is 8.50. The van der Waals surface area contributed by atoms with Crippen LogP contribution in [0.4, 0.5) is 8.78 Å². The number of sulfonamides is 1. The van der Waals surface area contributed by atoms with Gasteiger partial charge in [0.2, 0.25) is 16.8 Å². The van der Waals surface area contributed by atoms with Gasteiger partial charge in [-0.25, -0.2) is 17.2 Å². The van der Waals surface area contributed by atoms with Crippen LogP contribution in [0.5, 0.6) is 11.5 Å². The Morgan fingerprint density at radius 3 is 2.52 bits per heavy atom. The molecule has 2 aromatic carbocycles. The predicted octanol–water partition coefficient (Wildman–Crippen LogP) is 2.87. The first-order chi connectivity index (χ1) is 12.0. The van der Waals surface area contributed by atoms with Gasteiger partial charge in [0, 0.05) is 13.1 Å². The van der Waals surface area contributed by atoms with E-state index in [1.807, 2.05) is 12.1 Å². The van der Waals surface area contributed by atoms with E-state index in [4.69, 9.17) is 9.47 Å². The van der Waals surface area contributed by atoms with Gasteiger partial charge in [0.05, 0.1) is 0 Å². The van der Waals surface area contributed by atoms with E-state index < -0.39 is 26.6 Å². The third-order valence-electron chi connectivity index (χ3n) is 4.54. The second-order valence-corrected chi connectivity index (χ2v) is 7.89. The largest absolute Gasteiger partial charge is 0.454 e. The molecule has 0 spiro atoms. The Morgan fingerprint density at radius 2 is 1.76 bits per heavy atom. The van der Waals surface area contributed by atoms with Gasteiger partial charge in [0.1, 0.15) is 11.6 Å². The van der Waals surface area contributed by atoms with Crippen LogP contribution in [-0.2, 0) is 10.0 Å². The van der Waals surface area contributed by atoms with Crippen LogP contribution in [0.3, 0.4) is 0 Å². The third kappa shape index (κ3) is 2.75. The molecule has 0 amide bonds. The summed E-state index contributed by atoms with van der Waals surface area (Å²) in [5.74, 6) is -0.948. The van der Waals surface area contributed by atoms with E-state index in [2.05, 4.69) is 0 Å². The minimum absolute atomic E-state index is 0.0703. The highest BCUT2D eigenvalue weighted by Crippen LogP contribution is 2.38. The Labute approximate surface area is 143 Å². The number of rotatable bonds is 3. The van der Waals surface area contributed by atoms with Crippen molar-refractivity contribution in [2.24, 2.45) is 0 Å². The summed E-state index contributed by atoms with van der Waals surface area (Å²) in [4.78, 5) is -0.888. The first-order valence-corrected chi connectivity index (χ1v) is 9.24. The van der Waals surface area contributed by atoms with Crippen molar-refractivity contribution in [3.05, 3.63) is 53.6 Å². The molecular weight excluding hydrogens is 352 g/mol. The number of halogens is 2. The highest BCUT2D eigenvalue weighted by molar-refractivity contribution is 7.89. The molecule has 8 heteroatoms. The number of ether oxygens (including phenoxy) is 2. The Kier molecular flexibility index (Phi) is 3.88. The predicted molar refractivity (Wildman–Crippen MR) is 85.0 cm³/mol. The first kappa shape index (κ1) is 16.3. The SMILES string of the molecule is O=S(=O)(c1c(F)cccc1F)N1CCC(c2ccc3c(c2)OCO3)C1. The second-order valence-electron chi connectivity index (χ2n) is 6.01. The molecule has 25 heavy (non-hydrogen) atoms. The molecule has 0 N–H and O–H groups in total. The topological polar surface area (TPSA) is 55.8 Å². The molecule has 4 rings (SSSR count). The van der Waals surface area contributed by atoms with Crippen molar-refractivity contribution in [3.63, 3.8) is 0 Å². The zero-order chi connectivity index (χ0) is 17.6. The molecule has 0 aliphatic carbocycles. The van der Waals surface area contributed by atoms with E-state index >= 15 is 0 Å². The Morgan fingerprint density at radius 1 is 1.04 bits per heavy atom. The van der Waals surface area contributed by atoms with Crippen molar-refractivity contribution in [3.8, 4) is 11.5 Å². The lowest BCUT2D eigenvalue weighted by Crippen LogP contribution is -2.30. The van der Waals surface area contributed by atoms with Gasteiger partial charge in [-0.15, -0.1) is 0 Å². The third-order valence-corrected chi connectivity index (χ3v) is 6.45. The van der Waals surface area contributed by atoms with Crippen LogP contribution in [0.1, 0.15) is 17.9 Å². The molecule has 1 fully saturated rings. The lowest BCUT2D eigenvalue weighted by atomic mass is 9.98. The Bertz CT molecular complexity index is 912. The number of fused-ring (bicyclic) bond motifs is 1. The Hall–Kier alpha value is -2.19. The zero-order valence-corrected chi connectivity index (χ0v) is 13.9. The van der Waals surface area contributed by atoms with E-state index in [0.717, 1.165) is 28.1 Å². The quantitative estimate of drug-likeness (QED) is 0.837. The molecular formula is C17H15F2NO4S. The maximum absolute atomic E-state index is 13.9. The van der Waals surface area contributed by atoms with Crippen molar-refractivity contribution in [2.45, 2.75) is 17.2 Å². The van der Waals surface area contributed by atoms with Crippen molar-refractivity contribution < 1.29 is 26.7 Å². The van der Waals surface area contributed by atoms with Gasteiger partial charge in [-0.2, -0.15) is 4.31 Å². The molecule has 1 saturated heterocycles. The summed E-state index contributed by atoms with van der Waals surface area (Å²) in [6.07, 6.45) is 0.564. The molecule has 2 heterocycles.